The molecule has 1 saturated heterocycles. The molecule has 0 atom stereocenters. The van der Waals surface area contributed by atoms with Gasteiger partial charge in [-0.25, -0.2) is 9.98 Å². The Bertz CT molecular complexity index is 800. The lowest BCUT2D eigenvalue weighted by Crippen LogP contribution is -2.37. The van der Waals surface area contributed by atoms with E-state index in [2.05, 4.69) is 51.7 Å². The second kappa shape index (κ2) is 13.5. The minimum Gasteiger partial charge on any atom is -0.363 e. The Balaban J connectivity index is 0.00000341. The van der Waals surface area contributed by atoms with Crippen molar-refractivity contribution in [2.75, 3.05) is 38.6 Å². The summed E-state index contributed by atoms with van der Waals surface area (Å²) in [6.45, 7) is 7.73. The Morgan fingerprint density at radius 1 is 1.00 bits per heavy atom. The second-order valence-corrected chi connectivity index (χ2v) is 8.08. The molecule has 1 aliphatic heterocycles. The van der Waals surface area contributed by atoms with Crippen LogP contribution in [0.1, 0.15) is 43.0 Å². The normalized spacial score (nSPS) is 14.6. The Labute approximate surface area is 204 Å². The van der Waals surface area contributed by atoms with Crippen LogP contribution in [0.25, 0.3) is 0 Å². The molecule has 0 unspecified atom stereocenters. The third-order valence-corrected chi connectivity index (χ3v) is 5.33. The zero-order valence-electron chi connectivity index (χ0n) is 19.1. The van der Waals surface area contributed by atoms with Crippen molar-refractivity contribution in [3.8, 4) is 0 Å². The summed E-state index contributed by atoms with van der Waals surface area (Å²) in [6, 6.07) is 15.0. The summed E-state index contributed by atoms with van der Waals surface area (Å²) in [5, 5.41) is 6.71. The predicted molar refractivity (Wildman–Crippen MR) is 141 cm³/mol. The average molecular weight is 537 g/mol. The maximum Gasteiger partial charge on any atom is 0.191 e. The van der Waals surface area contributed by atoms with E-state index in [0.717, 1.165) is 30.6 Å². The molecule has 2 heterocycles. The van der Waals surface area contributed by atoms with E-state index in [-0.39, 0.29) is 24.0 Å². The van der Waals surface area contributed by atoms with Crippen molar-refractivity contribution in [2.45, 2.75) is 45.8 Å². The molecule has 1 fully saturated rings. The highest BCUT2D eigenvalue weighted by Crippen LogP contribution is 2.14. The van der Waals surface area contributed by atoms with Gasteiger partial charge in [0.2, 0.25) is 0 Å². The van der Waals surface area contributed by atoms with Crippen LogP contribution in [-0.4, -0.2) is 49.6 Å². The van der Waals surface area contributed by atoms with Gasteiger partial charge in [-0.3, -0.25) is 4.90 Å². The molecule has 1 aromatic heterocycles. The lowest BCUT2D eigenvalue weighted by Gasteiger charge is -2.26. The van der Waals surface area contributed by atoms with E-state index in [1.807, 2.05) is 37.2 Å². The summed E-state index contributed by atoms with van der Waals surface area (Å²) in [4.78, 5) is 14.0. The standard InChI is InChI=1S/C24H36N6.HI/c1-4-25-24(27-18-22-9-8-10-23(28-22)29(2)3)26-17-20-11-13-21(14-12-20)19-30-15-6-5-7-16-30;/h8-14H,4-7,15-19H2,1-3H3,(H2,25,26,27);1H. The molecule has 2 N–H and O–H groups in total. The number of nitrogens with one attached hydrogen (secondary N) is 2. The number of aliphatic imine (C=N–C) groups is 1. The molecule has 2 aromatic rings. The highest BCUT2D eigenvalue weighted by Gasteiger charge is 2.10. The molecule has 1 aromatic carbocycles. The van der Waals surface area contributed by atoms with Crippen molar-refractivity contribution in [3.63, 3.8) is 0 Å². The highest BCUT2D eigenvalue weighted by molar-refractivity contribution is 14.0. The van der Waals surface area contributed by atoms with Crippen LogP contribution in [-0.2, 0) is 19.6 Å². The van der Waals surface area contributed by atoms with Crippen molar-refractivity contribution < 1.29 is 0 Å². The molecule has 1 aliphatic rings. The molecule has 3 rings (SSSR count). The van der Waals surface area contributed by atoms with Gasteiger partial charge in [0.05, 0.1) is 18.8 Å². The number of pyridine rings is 1. The predicted octanol–water partition coefficient (Wildman–Crippen LogP) is 4.01. The Hall–Kier alpha value is -1.87. The number of piperidine rings is 1. The molecule has 0 bridgehead atoms. The highest BCUT2D eigenvalue weighted by atomic mass is 127. The van der Waals surface area contributed by atoms with Crippen molar-refractivity contribution in [2.24, 2.45) is 4.99 Å². The first-order valence-corrected chi connectivity index (χ1v) is 11.1. The number of benzene rings is 1. The van der Waals surface area contributed by atoms with Crippen LogP contribution in [0.15, 0.2) is 47.5 Å². The van der Waals surface area contributed by atoms with Crippen molar-refractivity contribution in [1.29, 1.82) is 0 Å². The molecule has 31 heavy (non-hydrogen) atoms. The topological polar surface area (TPSA) is 55.8 Å². The van der Waals surface area contributed by atoms with Gasteiger partial charge < -0.3 is 15.5 Å². The first-order chi connectivity index (χ1) is 14.6. The quantitative estimate of drug-likeness (QED) is 0.304. The Kier molecular flexibility index (Phi) is 11.1. The van der Waals surface area contributed by atoms with E-state index in [4.69, 9.17) is 4.99 Å². The molecular formula is C24H37IN6. The van der Waals surface area contributed by atoms with Crippen LogP contribution in [0.5, 0.6) is 0 Å². The summed E-state index contributed by atoms with van der Waals surface area (Å²) < 4.78 is 0. The maximum atomic E-state index is 4.75. The zero-order chi connectivity index (χ0) is 21.2. The van der Waals surface area contributed by atoms with Crippen molar-refractivity contribution in [1.82, 2.24) is 20.5 Å². The van der Waals surface area contributed by atoms with E-state index < -0.39 is 0 Å². The van der Waals surface area contributed by atoms with Gasteiger partial charge in [-0.15, -0.1) is 24.0 Å². The van der Waals surface area contributed by atoms with Gasteiger partial charge in [0.25, 0.3) is 0 Å². The van der Waals surface area contributed by atoms with Crippen molar-refractivity contribution in [3.05, 3.63) is 59.3 Å². The van der Waals surface area contributed by atoms with E-state index in [9.17, 15) is 0 Å². The Morgan fingerprint density at radius 3 is 2.39 bits per heavy atom. The lowest BCUT2D eigenvalue weighted by atomic mass is 10.1. The summed E-state index contributed by atoms with van der Waals surface area (Å²) in [7, 11) is 4.01. The molecule has 170 valence electrons. The van der Waals surface area contributed by atoms with Crippen LogP contribution in [0, 0.1) is 0 Å². The summed E-state index contributed by atoms with van der Waals surface area (Å²) in [5.41, 5.74) is 3.61. The fourth-order valence-corrected chi connectivity index (χ4v) is 3.63. The number of aromatic nitrogens is 1. The number of guanidine groups is 1. The monoisotopic (exact) mass is 536 g/mol. The lowest BCUT2D eigenvalue weighted by molar-refractivity contribution is 0.221. The van der Waals surface area contributed by atoms with Crippen molar-refractivity contribution >= 4 is 35.8 Å². The van der Waals surface area contributed by atoms with E-state index >= 15 is 0 Å². The number of halogens is 1. The van der Waals surface area contributed by atoms with Gasteiger partial charge in [-0.05, 0) is 56.1 Å². The first kappa shape index (κ1) is 25.4. The molecule has 0 saturated carbocycles. The third-order valence-electron chi connectivity index (χ3n) is 5.33. The minimum absolute atomic E-state index is 0. The van der Waals surface area contributed by atoms with Gasteiger partial charge in [-0.1, -0.05) is 36.8 Å². The van der Waals surface area contributed by atoms with Gasteiger partial charge in [-0.2, -0.15) is 0 Å². The number of nitrogens with zero attached hydrogens (tertiary/aromatic N) is 4. The maximum absolute atomic E-state index is 4.75. The fraction of sp³-hybridized carbons (Fsp3) is 0.500. The molecule has 0 radical (unpaired) electrons. The van der Waals surface area contributed by atoms with Crippen LogP contribution < -0.4 is 15.5 Å². The van der Waals surface area contributed by atoms with Crippen LogP contribution in [0.4, 0.5) is 5.82 Å². The molecule has 0 spiro atoms. The van der Waals surface area contributed by atoms with Crippen LogP contribution in [0.3, 0.4) is 0 Å². The average Bonchev–Trinajstić information content (AvgIpc) is 2.77. The molecule has 0 aliphatic carbocycles. The number of hydrogen-bond acceptors (Lipinski definition) is 4. The minimum atomic E-state index is 0. The smallest absolute Gasteiger partial charge is 0.191 e. The Morgan fingerprint density at radius 2 is 1.71 bits per heavy atom. The summed E-state index contributed by atoms with van der Waals surface area (Å²) in [6.07, 6.45) is 4.05. The van der Waals surface area contributed by atoms with Crippen LogP contribution >= 0.6 is 24.0 Å². The largest absolute Gasteiger partial charge is 0.363 e. The second-order valence-electron chi connectivity index (χ2n) is 8.08. The number of rotatable bonds is 8. The van der Waals surface area contributed by atoms with Gasteiger partial charge in [0.1, 0.15) is 5.82 Å². The number of likely N-dealkylation sites (tertiary alicyclic amines) is 1. The third kappa shape index (κ3) is 8.65. The van der Waals surface area contributed by atoms with E-state index in [1.54, 1.807) is 0 Å². The van der Waals surface area contributed by atoms with Gasteiger partial charge >= 0.3 is 0 Å². The van der Waals surface area contributed by atoms with Gasteiger partial charge in [0.15, 0.2) is 5.96 Å². The number of anilines is 1. The first-order valence-electron chi connectivity index (χ1n) is 11.1. The van der Waals surface area contributed by atoms with Crippen LogP contribution in [0.2, 0.25) is 0 Å². The van der Waals surface area contributed by atoms with E-state index in [1.165, 1.54) is 43.5 Å². The zero-order valence-corrected chi connectivity index (χ0v) is 21.4. The fourth-order valence-electron chi connectivity index (χ4n) is 3.63. The molecule has 0 amide bonds. The molecular weight excluding hydrogens is 499 g/mol. The van der Waals surface area contributed by atoms with E-state index in [0.29, 0.717) is 13.1 Å². The SMILES string of the molecule is CCNC(=NCc1ccc(CN2CCCCC2)cc1)NCc1cccc(N(C)C)n1.I. The summed E-state index contributed by atoms with van der Waals surface area (Å²) in [5.74, 6) is 1.77. The van der Waals surface area contributed by atoms with Gasteiger partial charge in [0, 0.05) is 27.2 Å². The molecule has 6 nitrogen and oxygen atoms in total. The number of hydrogen-bond donors (Lipinski definition) is 2. The summed E-state index contributed by atoms with van der Waals surface area (Å²) >= 11 is 0. The molecule has 7 heteroatoms.